The first-order valence-corrected chi connectivity index (χ1v) is 5.72. The maximum Gasteiger partial charge on any atom is 0.159 e. The summed E-state index contributed by atoms with van der Waals surface area (Å²) in [5.74, 6) is -1.13. The number of rotatable bonds is 2. The second-order valence-corrected chi connectivity index (χ2v) is 4.69. The molecule has 88 valence electrons. The number of benzene rings is 1. The predicted octanol–water partition coefficient (Wildman–Crippen LogP) is 3.43. The Hall–Kier alpha value is -0.960. The molecule has 0 spiro atoms. The molecule has 3 atom stereocenters. The first-order chi connectivity index (χ1) is 7.59. The first kappa shape index (κ1) is 11.5. The molecule has 1 aliphatic rings. The van der Waals surface area contributed by atoms with Gasteiger partial charge in [0.1, 0.15) is 0 Å². The fourth-order valence-corrected chi connectivity index (χ4v) is 2.59. The number of aliphatic hydroxyl groups is 1. The molecule has 3 unspecified atom stereocenters. The van der Waals surface area contributed by atoms with Crippen molar-refractivity contribution in [1.82, 2.24) is 0 Å². The molecule has 16 heavy (non-hydrogen) atoms. The summed E-state index contributed by atoms with van der Waals surface area (Å²) in [7, 11) is 0. The maximum atomic E-state index is 13.0. The minimum atomic E-state index is -0.887. The van der Waals surface area contributed by atoms with Gasteiger partial charge in [-0.25, -0.2) is 8.78 Å². The smallest absolute Gasteiger partial charge is 0.159 e. The third-order valence-electron chi connectivity index (χ3n) is 3.62. The molecule has 0 aliphatic heterocycles. The van der Waals surface area contributed by atoms with Crippen molar-refractivity contribution in [3.63, 3.8) is 0 Å². The van der Waals surface area contributed by atoms with E-state index < -0.39 is 17.7 Å². The zero-order chi connectivity index (χ0) is 11.7. The lowest BCUT2D eigenvalue weighted by Crippen LogP contribution is -2.15. The Labute approximate surface area is 94.1 Å². The molecule has 1 aliphatic carbocycles. The van der Waals surface area contributed by atoms with Crippen LogP contribution in [0.1, 0.15) is 37.9 Å². The van der Waals surface area contributed by atoms with Crippen LogP contribution in [-0.4, -0.2) is 5.11 Å². The first-order valence-electron chi connectivity index (χ1n) is 5.72. The quantitative estimate of drug-likeness (QED) is 0.819. The van der Waals surface area contributed by atoms with E-state index in [2.05, 4.69) is 6.92 Å². The van der Waals surface area contributed by atoms with Crippen molar-refractivity contribution in [3.05, 3.63) is 35.4 Å². The molecule has 1 N–H and O–H groups in total. The summed E-state index contributed by atoms with van der Waals surface area (Å²) in [5.41, 5.74) is 0.484. The van der Waals surface area contributed by atoms with Gasteiger partial charge in [-0.05, 0) is 36.0 Å². The Morgan fingerprint density at radius 3 is 2.56 bits per heavy atom. The third-order valence-corrected chi connectivity index (χ3v) is 3.62. The van der Waals surface area contributed by atoms with Gasteiger partial charge in [0.15, 0.2) is 11.6 Å². The Morgan fingerprint density at radius 2 is 2.00 bits per heavy atom. The minimum absolute atomic E-state index is 0.171. The van der Waals surface area contributed by atoms with Crippen molar-refractivity contribution in [2.45, 2.75) is 32.3 Å². The van der Waals surface area contributed by atoms with E-state index in [0.29, 0.717) is 11.5 Å². The monoisotopic (exact) mass is 226 g/mol. The highest BCUT2D eigenvalue weighted by molar-refractivity contribution is 5.21. The van der Waals surface area contributed by atoms with Crippen LogP contribution in [0.3, 0.4) is 0 Å². The van der Waals surface area contributed by atoms with Gasteiger partial charge in [-0.15, -0.1) is 0 Å². The lowest BCUT2D eigenvalue weighted by molar-refractivity contribution is 0.0896. The second-order valence-electron chi connectivity index (χ2n) is 4.69. The van der Waals surface area contributed by atoms with Crippen LogP contribution in [-0.2, 0) is 0 Å². The van der Waals surface area contributed by atoms with Crippen LogP contribution in [0, 0.1) is 23.5 Å². The van der Waals surface area contributed by atoms with E-state index in [-0.39, 0.29) is 5.92 Å². The van der Waals surface area contributed by atoms with E-state index in [1.165, 1.54) is 6.07 Å². The van der Waals surface area contributed by atoms with Crippen LogP contribution in [0.15, 0.2) is 18.2 Å². The van der Waals surface area contributed by atoms with Crippen LogP contribution in [0.4, 0.5) is 8.78 Å². The number of aliphatic hydroxyl groups excluding tert-OH is 1. The van der Waals surface area contributed by atoms with Gasteiger partial charge in [-0.1, -0.05) is 25.8 Å². The van der Waals surface area contributed by atoms with Gasteiger partial charge in [0.05, 0.1) is 6.10 Å². The zero-order valence-corrected chi connectivity index (χ0v) is 9.29. The van der Waals surface area contributed by atoms with Crippen LogP contribution in [0.2, 0.25) is 0 Å². The van der Waals surface area contributed by atoms with Crippen LogP contribution < -0.4 is 0 Å². The zero-order valence-electron chi connectivity index (χ0n) is 9.29. The van der Waals surface area contributed by atoms with Crippen molar-refractivity contribution >= 4 is 0 Å². The Bertz CT molecular complexity index is 378. The summed E-state index contributed by atoms with van der Waals surface area (Å²) in [5, 5.41) is 10.1. The molecule has 1 aromatic rings. The van der Waals surface area contributed by atoms with E-state index in [4.69, 9.17) is 0 Å². The second kappa shape index (κ2) is 4.50. The van der Waals surface area contributed by atoms with Crippen molar-refractivity contribution in [3.8, 4) is 0 Å². The summed E-state index contributed by atoms with van der Waals surface area (Å²) in [6.07, 6.45) is 2.49. The number of hydrogen-bond donors (Lipinski definition) is 1. The normalized spacial score (nSPS) is 27.0. The van der Waals surface area contributed by atoms with Gasteiger partial charge in [0.2, 0.25) is 0 Å². The van der Waals surface area contributed by atoms with Crippen LogP contribution in [0.5, 0.6) is 0 Å². The van der Waals surface area contributed by atoms with Crippen molar-refractivity contribution in [1.29, 1.82) is 0 Å². The average Bonchev–Trinajstić information content (AvgIpc) is 2.67. The number of hydrogen-bond acceptors (Lipinski definition) is 1. The van der Waals surface area contributed by atoms with Crippen molar-refractivity contribution in [2.75, 3.05) is 0 Å². The van der Waals surface area contributed by atoms with E-state index in [9.17, 15) is 13.9 Å². The molecule has 1 aromatic carbocycles. The summed E-state index contributed by atoms with van der Waals surface area (Å²) < 4.78 is 25.8. The standard InChI is InChI=1S/C13H16F2O/c1-8-3-2-4-10(8)13(16)9-5-6-11(14)12(15)7-9/h5-8,10,13,16H,2-4H2,1H3. The Kier molecular flexibility index (Phi) is 3.24. The van der Waals surface area contributed by atoms with Gasteiger partial charge >= 0.3 is 0 Å². The molecule has 0 aromatic heterocycles. The Morgan fingerprint density at radius 1 is 1.25 bits per heavy atom. The number of halogens is 2. The molecule has 0 heterocycles. The summed E-state index contributed by atoms with van der Waals surface area (Å²) >= 11 is 0. The lowest BCUT2D eigenvalue weighted by Gasteiger charge is -2.22. The van der Waals surface area contributed by atoms with Gasteiger partial charge in [-0.2, -0.15) is 0 Å². The molecule has 0 amide bonds. The van der Waals surface area contributed by atoms with E-state index in [1.54, 1.807) is 0 Å². The van der Waals surface area contributed by atoms with E-state index >= 15 is 0 Å². The Balaban J connectivity index is 2.20. The minimum Gasteiger partial charge on any atom is -0.388 e. The molecule has 2 rings (SSSR count). The van der Waals surface area contributed by atoms with Gasteiger partial charge in [-0.3, -0.25) is 0 Å². The molecule has 0 radical (unpaired) electrons. The maximum absolute atomic E-state index is 13.0. The molecule has 0 saturated heterocycles. The molecule has 1 nitrogen and oxygen atoms in total. The third kappa shape index (κ3) is 2.09. The predicted molar refractivity (Wildman–Crippen MR) is 57.8 cm³/mol. The summed E-state index contributed by atoms with van der Waals surface area (Å²) in [6, 6.07) is 3.65. The van der Waals surface area contributed by atoms with Gasteiger partial charge in [0.25, 0.3) is 0 Å². The summed E-state index contributed by atoms with van der Waals surface area (Å²) in [4.78, 5) is 0. The molecule has 3 heteroatoms. The average molecular weight is 226 g/mol. The SMILES string of the molecule is CC1CCCC1C(O)c1ccc(F)c(F)c1. The highest BCUT2D eigenvalue weighted by atomic mass is 19.2. The molecule has 1 saturated carbocycles. The van der Waals surface area contributed by atoms with Crippen LogP contribution in [0.25, 0.3) is 0 Å². The topological polar surface area (TPSA) is 20.2 Å². The van der Waals surface area contributed by atoms with E-state index in [0.717, 1.165) is 31.4 Å². The molecular weight excluding hydrogens is 210 g/mol. The van der Waals surface area contributed by atoms with Gasteiger partial charge in [0, 0.05) is 0 Å². The van der Waals surface area contributed by atoms with Crippen molar-refractivity contribution < 1.29 is 13.9 Å². The van der Waals surface area contributed by atoms with Crippen molar-refractivity contribution in [2.24, 2.45) is 11.8 Å². The lowest BCUT2D eigenvalue weighted by atomic mass is 9.88. The van der Waals surface area contributed by atoms with Gasteiger partial charge < -0.3 is 5.11 Å². The highest BCUT2D eigenvalue weighted by Crippen LogP contribution is 2.40. The highest BCUT2D eigenvalue weighted by Gasteiger charge is 2.30. The van der Waals surface area contributed by atoms with E-state index in [1.807, 2.05) is 0 Å². The molecule has 0 bridgehead atoms. The summed E-state index contributed by atoms with van der Waals surface area (Å²) in [6.45, 7) is 2.10. The van der Waals surface area contributed by atoms with Crippen LogP contribution >= 0.6 is 0 Å². The molecule has 1 fully saturated rings. The molecular formula is C13H16F2O. The fraction of sp³-hybridized carbons (Fsp3) is 0.538. The largest absolute Gasteiger partial charge is 0.388 e. The fourth-order valence-electron chi connectivity index (χ4n) is 2.59.